The molecule has 342 valence electrons. The van der Waals surface area contributed by atoms with Crippen LogP contribution in [0.5, 0.6) is 0 Å². The van der Waals surface area contributed by atoms with Gasteiger partial charge in [-0.3, -0.25) is 18.1 Å². The fourth-order valence-corrected chi connectivity index (χ4v) is 7.72. The number of phosphoric acid groups is 1. The summed E-state index contributed by atoms with van der Waals surface area (Å²) in [6.45, 7) is 5.08. The van der Waals surface area contributed by atoms with Crippen molar-refractivity contribution in [1.82, 2.24) is 6.15 Å². The van der Waals surface area contributed by atoms with Crippen molar-refractivity contribution in [2.45, 2.75) is 94.1 Å². The van der Waals surface area contributed by atoms with Crippen LogP contribution in [0.1, 0.15) is 35.9 Å². The third-order valence-corrected chi connectivity index (χ3v) is 10.8. The van der Waals surface area contributed by atoms with Gasteiger partial charge in [0.05, 0.1) is 98.1 Å². The van der Waals surface area contributed by atoms with E-state index >= 15 is 0 Å². The molecule has 0 amide bonds. The Kier molecular flexibility index (Phi) is 41.1. The number of rotatable bonds is 23. The molecule has 25 heteroatoms. The van der Waals surface area contributed by atoms with Crippen LogP contribution >= 0.6 is 15.4 Å². The Balaban J connectivity index is -0.00000107. The molecule has 4 unspecified atom stereocenters. The second-order valence-electron chi connectivity index (χ2n) is 12.5. The number of hydrogen-bond donors (Lipinski definition) is 5. The van der Waals surface area contributed by atoms with Gasteiger partial charge in [-0.15, -0.1) is 0 Å². The molecule has 0 saturated carbocycles. The summed E-state index contributed by atoms with van der Waals surface area (Å²) >= 11 is 0. The Morgan fingerprint density at radius 3 is 1.64 bits per heavy atom. The maximum absolute atomic E-state index is 13.2. The molecule has 7 N–H and O–H groups in total. The Morgan fingerprint density at radius 1 is 0.770 bits per heavy atom. The second kappa shape index (κ2) is 39.0. The minimum atomic E-state index is -4.26. The van der Waals surface area contributed by atoms with E-state index in [-0.39, 0.29) is 215 Å². The summed E-state index contributed by atoms with van der Waals surface area (Å²) in [5, 5.41) is 47.4. The summed E-state index contributed by atoms with van der Waals surface area (Å²) in [6, 6.07) is 1.86. The van der Waals surface area contributed by atoms with E-state index < -0.39 is 96.2 Å². The molecule has 14 atom stereocenters. The Morgan fingerprint density at radius 2 is 1.23 bits per heavy atom. The van der Waals surface area contributed by atoms with Crippen LogP contribution < -0.4 is 6.15 Å². The Bertz CT molecular complexity index is 1480. The standard InChI is InChI=1S/C19H29NO9P.C17H28O8P.2Ac.H3N.2U/c1-2-3-4-5-9-24-18-13-26-16(12-21)19(18)29-30(23,27-10-6-8-20)28-14-17-15(22)7-11-25-17;1-3-4-5-6-8-21-16-11-23-14(10-18)17(16)25-26(2,20)24-12-15-13(19)7-9-22-15;;;;;/h2-5,13,15-19,21-22H,6-7,9-12,14H2,1H3;3-6,11,13-19H,7-10,12H2,1-2H3;;;1H3;;/q2*-1;;;;;/b3-2+,5-4+;4-3+,6-5+;;;;;/t15-,16-,17-,18?,19+,30?;13-,14-,15-,16?,17+,26?;;;;;/m11...../s1/i11T;9T;;;;;/t11-,15+,16+,17+,18?,19-,30?;9-,13+,14+,15+,16?,17-,26?;;;;;/m00...... The number of hydrogen-bond acceptors (Lipinski definition) is 19. The van der Waals surface area contributed by atoms with Gasteiger partial charge in [-0.25, -0.2) is 4.57 Å². The molecule has 4 fully saturated rings. The van der Waals surface area contributed by atoms with Gasteiger partial charge in [0, 0.05) is 170 Å². The van der Waals surface area contributed by atoms with Crippen molar-refractivity contribution >= 4 is 15.4 Å². The minimum Gasteiger partial charge on any atom is -0.544 e. The number of nitrogens with zero attached hydrogens (tertiary/aromatic N) is 1. The van der Waals surface area contributed by atoms with Crippen LogP contribution in [0.2, 0.25) is 0 Å². The average Bonchev–Trinajstić information content (AvgIpc) is 3.94. The SMILES string of the molecule is N.[3H][C@H]1C[C@@H](O)[C@@H](COP(=O)(OCCC#N)O[C@@H]2C(OC/C=C/C=C/C)[CH-]O[C@@H]2CO)O1.[3H][C@H]1C[C@@H](O)[C@@H](COP(C)(=O)O[C@@H]2C(OC/C=C/C=C/C)[CH-]O[C@@H]2CO)O1.[Ac].[Ac].[U].[U]. The topological polar surface area (TPSA) is 275 Å². The third-order valence-electron chi connectivity index (χ3n) is 8.14. The number of nitriles is 1. The smallest absolute Gasteiger partial charge is 0.475 e. The van der Waals surface area contributed by atoms with Gasteiger partial charge in [-0.2, -0.15) is 18.5 Å². The van der Waals surface area contributed by atoms with Crippen molar-refractivity contribution in [2.75, 3.05) is 66.1 Å². The van der Waals surface area contributed by atoms with Crippen LogP contribution in [0.4, 0.5) is 0 Å². The zero-order valence-corrected chi connectivity index (χ0v) is 54.2. The zero-order valence-electron chi connectivity index (χ0n) is 36.6. The summed E-state index contributed by atoms with van der Waals surface area (Å²) in [7, 11) is -7.81. The van der Waals surface area contributed by atoms with Crippen molar-refractivity contribution in [3.63, 3.8) is 0 Å². The second-order valence-corrected chi connectivity index (χ2v) is 16.1. The van der Waals surface area contributed by atoms with E-state index in [0.29, 0.717) is 0 Å². The first-order valence-electron chi connectivity index (χ1n) is 19.3. The van der Waals surface area contributed by atoms with E-state index in [1.807, 2.05) is 50.3 Å². The number of allylic oxidation sites excluding steroid dienone is 6. The summed E-state index contributed by atoms with van der Waals surface area (Å²) in [4.78, 5) is 0. The van der Waals surface area contributed by atoms with Gasteiger partial charge >= 0.3 is 15.4 Å². The predicted octanol–water partition coefficient (Wildman–Crippen LogP) is 3.24. The molecule has 2 radical (unpaired) electrons. The van der Waals surface area contributed by atoms with Crippen LogP contribution in [-0.4, -0.2) is 148 Å². The fourth-order valence-electron chi connectivity index (χ4n) is 5.15. The first kappa shape index (κ1) is 64.3. The van der Waals surface area contributed by atoms with E-state index in [2.05, 4.69) is 0 Å². The Hall–Kier alpha value is 3.26. The Labute approximate surface area is 481 Å². The average molecular weight is 1790 g/mol. The number of ether oxygens (including phenoxy) is 6. The molecule has 4 aliphatic heterocycles. The molecule has 0 aliphatic carbocycles. The van der Waals surface area contributed by atoms with Gasteiger partial charge in [0.2, 0.25) is 0 Å². The van der Waals surface area contributed by atoms with Gasteiger partial charge in [-0.05, 0) is 38.9 Å². The molecular weight excluding hydrogens is 1720 g/mol. The van der Waals surface area contributed by atoms with Crippen LogP contribution in [0.3, 0.4) is 0 Å². The molecule has 0 aromatic carbocycles. The number of aliphatic hydroxyl groups is 4. The van der Waals surface area contributed by atoms with E-state index in [0.717, 1.165) is 0 Å². The maximum Gasteiger partial charge on any atom is 0.475 e. The molecular formula is C36H60Ac2N2O17P2U2-2. The zero-order chi connectivity index (χ0) is 42.6. The van der Waals surface area contributed by atoms with Gasteiger partial charge in [0.15, 0.2) is 0 Å². The van der Waals surface area contributed by atoms with Gasteiger partial charge in [-0.1, -0.05) is 48.6 Å². The molecule has 4 rings (SSSR count). The predicted molar refractivity (Wildman–Crippen MR) is 205 cm³/mol. The quantitative estimate of drug-likeness (QED) is 0.0425. The molecule has 0 bridgehead atoms. The van der Waals surface area contributed by atoms with E-state index in [1.54, 1.807) is 18.2 Å². The van der Waals surface area contributed by atoms with Gasteiger partial charge < -0.3 is 64.0 Å². The summed E-state index contributed by atoms with van der Waals surface area (Å²) in [5.74, 6) is 0. The summed E-state index contributed by atoms with van der Waals surface area (Å²) < 4.78 is 100. The largest absolute Gasteiger partial charge is 0.544 e. The molecule has 0 aromatic heterocycles. The van der Waals surface area contributed by atoms with Crippen molar-refractivity contribution in [1.29, 1.82) is 5.26 Å². The normalized spacial score (nSPS) is 33.2. The van der Waals surface area contributed by atoms with Crippen LogP contribution in [-0.2, 0) is 60.2 Å². The van der Waals surface area contributed by atoms with Crippen molar-refractivity contribution in [2.24, 2.45) is 0 Å². The first-order chi connectivity index (χ1) is 27.8. The number of aliphatic hydroxyl groups excluding tert-OH is 4. The van der Waals surface area contributed by atoms with E-state index in [4.69, 9.17) is 59.0 Å². The molecule has 19 nitrogen and oxygen atoms in total. The fraction of sp³-hybridized carbons (Fsp3) is 0.694. The van der Waals surface area contributed by atoms with E-state index in [1.165, 1.54) is 19.9 Å². The first-order valence-corrected chi connectivity index (χ1v) is 21.6. The molecule has 4 aliphatic rings. The third kappa shape index (κ3) is 26.2. The molecule has 0 aromatic rings. The molecule has 0 spiro atoms. The summed E-state index contributed by atoms with van der Waals surface area (Å²) in [5.41, 5.74) is 0. The van der Waals surface area contributed by atoms with E-state index in [9.17, 15) is 29.6 Å². The minimum absolute atomic E-state index is 0. The molecule has 4 saturated heterocycles. The number of phosphoric ester groups is 1. The van der Waals surface area contributed by atoms with Gasteiger partial charge in [0.1, 0.15) is 12.2 Å². The van der Waals surface area contributed by atoms with Crippen LogP contribution in [0.15, 0.2) is 48.6 Å². The van der Waals surface area contributed by atoms with Gasteiger partial charge in [0.25, 0.3) is 0 Å². The monoisotopic (exact) mass is 1790 g/mol. The molecule has 4 heterocycles. The summed E-state index contributed by atoms with van der Waals surface area (Å²) in [6.07, 6.45) is 6.62. The van der Waals surface area contributed by atoms with Crippen LogP contribution in [0, 0.1) is 175 Å². The molecule has 61 heavy (non-hydrogen) atoms. The maximum atomic E-state index is 13.2. The van der Waals surface area contributed by atoms with Crippen molar-refractivity contribution < 1.29 is 234 Å². The van der Waals surface area contributed by atoms with Crippen molar-refractivity contribution in [3.8, 4) is 6.07 Å². The van der Waals surface area contributed by atoms with Crippen molar-refractivity contribution in [3.05, 3.63) is 61.8 Å². The van der Waals surface area contributed by atoms with Crippen LogP contribution in [0.25, 0.3) is 0 Å².